The highest BCUT2D eigenvalue weighted by molar-refractivity contribution is 6.32. The van der Waals surface area contributed by atoms with E-state index in [4.69, 9.17) is 33.0 Å². The van der Waals surface area contributed by atoms with Crippen molar-refractivity contribution in [3.63, 3.8) is 0 Å². The van der Waals surface area contributed by atoms with E-state index in [1.165, 1.54) is 0 Å². The van der Waals surface area contributed by atoms with Gasteiger partial charge in [0.1, 0.15) is 5.75 Å². The normalized spacial score (nSPS) is 10.4. The SMILES string of the molecule is CCN(Cc1ccc(Cl)c(OCC(=O)O)c1)c1cccc(Cl)c1. The van der Waals surface area contributed by atoms with Crippen molar-refractivity contribution >= 4 is 34.9 Å². The lowest BCUT2D eigenvalue weighted by molar-refractivity contribution is -0.139. The smallest absolute Gasteiger partial charge is 0.341 e. The van der Waals surface area contributed by atoms with Gasteiger partial charge in [-0.05, 0) is 42.8 Å². The molecule has 2 aromatic rings. The number of ether oxygens (including phenoxy) is 1. The first-order valence-corrected chi connectivity index (χ1v) is 7.88. The van der Waals surface area contributed by atoms with E-state index in [1.807, 2.05) is 30.3 Å². The predicted molar refractivity (Wildman–Crippen MR) is 92.8 cm³/mol. The van der Waals surface area contributed by atoms with Gasteiger partial charge < -0.3 is 14.7 Å². The van der Waals surface area contributed by atoms with E-state index >= 15 is 0 Å². The molecule has 0 aliphatic carbocycles. The third kappa shape index (κ3) is 5.05. The molecular weight excluding hydrogens is 337 g/mol. The fourth-order valence-corrected chi connectivity index (χ4v) is 2.53. The molecule has 0 unspecified atom stereocenters. The van der Waals surface area contributed by atoms with Crippen LogP contribution in [0, 0.1) is 0 Å². The quantitative estimate of drug-likeness (QED) is 0.796. The van der Waals surface area contributed by atoms with Crippen LogP contribution in [0.5, 0.6) is 5.75 Å². The monoisotopic (exact) mass is 353 g/mol. The molecule has 2 aromatic carbocycles. The van der Waals surface area contributed by atoms with Crippen molar-refractivity contribution < 1.29 is 14.6 Å². The standard InChI is InChI=1S/C17H17Cl2NO3/c1-2-20(14-5-3-4-13(18)9-14)10-12-6-7-15(19)16(8-12)23-11-17(21)22/h3-9H,2,10-11H2,1H3,(H,21,22). The number of aliphatic carboxylic acids is 1. The van der Waals surface area contributed by atoms with E-state index in [9.17, 15) is 4.79 Å². The minimum absolute atomic E-state index is 0.369. The number of benzene rings is 2. The van der Waals surface area contributed by atoms with Gasteiger partial charge in [0, 0.05) is 23.8 Å². The van der Waals surface area contributed by atoms with Crippen LogP contribution in [0.2, 0.25) is 10.0 Å². The number of hydrogen-bond donors (Lipinski definition) is 1. The van der Waals surface area contributed by atoms with Crippen molar-refractivity contribution in [1.82, 2.24) is 0 Å². The average Bonchev–Trinajstić information content (AvgIpc) is 2.52. The van der Waals surface area contributed by atoms with Crippen LogP contribution >= 0.6 is 23.2 Å². The Labute approximate surface area is 145 Å². The summed E-state index contributed by atoms with van der Waals surface area (Å²) in [7, 11) is 0. The van der Waals surface area contributed by atoms with E-state index in [-0.39, 0.29) is 0 Å². The van der Waals surface area contributed by atoms with Crippen molar-refractivity contribution in [3.05, 3.63) is 58.1 Å². The molecule has 0 aliphatic heterocycles. The Hall–Kier alpha value is -1.91. The van der Waals surface area contributed by atoms with E-state index in [0.717, 1.165) is 17.8 Å². The summed E-state index contributed by atoms with van der Waals surface area (Å²) in [5.74, 6) is -0.672. The van der Waals surface area contributed by atoms with Crippen LogP contribution in [0.4, 0.5) is 5.69 Å². The van der Waals surface area contributed by atoms with Gasteiger partial charge in [-0.3, -0.25) is 0 Å². The minimum atomic E-state index is -1.04. The highest BCUT2D eigenvalue weighted by Crippen LogP contribution is 2.27. The van der Waals surface area contributed by atoms with Gasteiger partial charge in [-0.15, -0.1) is 0 Å². The summed E-state index contributed by atoms with van der Waals surface area (Å²) in [6.45, 7) is 3.07. The molecule has 0 saturated heterocycles. The first kappa shape index (κ1) is 17.4. The lowest BCUT2D eigenvalue weighted by Crippen LogP contribution is -2.22. The molecule has 1 N–H and O–H groups in total. The first-order chi connectivity index (χ1) is 11.0. The van der Waals surface area contributed by atoms with Crippen molar-refractivity contribution in [2.75, 3.05) is 18.1 Å². The summed E-state index contributed by atoms with van der Waals surface area (Å²) >= 11 is 12.1. The molecule has 0 fully saturated rings. The Morgan fingerprint density at radius 1 is 1.22 bits per heavy atom. The topological polar surface area (TPSA) is 49.8 Å². The second-order valence-electron chi connectivity index (χ2n) is 4.94. The number of halogens is 2. The molecule has 0 spiro atoms. The molecule has 2 rings (SSSR count). The molecule has 0 aromatic heterocycles. The van der Waals surface area contributed by atoms with Crippen LogP contribution in [0.1, 0.15) is 12.5 Å². The zero-order valence-electron chi connectivity index (χ0n) is 12.6. The number of carbonyl (C=O) groups is 1. The van der Waals surface area contributed by atoms with E-state index in [0.29, 0.717) is 22.3 Å². The molecule has 122 valence electrons. The van der Waals surface area contributed by atoms with Crippen LogP contribution in [0.3, 0.4) is 0 Å². The van der Waals surface area contributed by atoms with Crippen LogP contribution < -0.4 is 9.64 Å². The predicted octanol–water partition coefficient (Wildman–Crippen LogP) is 4.48. The Morgan fingerprint density at radius 3 is 2.65 bits per heavy atom. The Balaban J connectivity index is 2.17. The molecule has 0 amide bonds. The second kappa shape index (κ2) is 8.09. The zero-order valence-corrected chi connectivity index (χ0v) is 14.1. The molecular formula is C17H17Cl2NO3. The third-order valence-corrected chi connectivity index (χ3v) is 3.82. The number of nitrogens with zero attached hydrogens (tertiary/aromatic N) is 1. The molecule has 4 nitrogen and oxygen atoms in total. The number of rotatable bonds is 7. The largest absolute Gasteiger partial charge is 0.480 e. The second-order valence-corrected chi connectivity index (χ2v) is 5.78. The van der Waals surface area contributed by atoms with Gasteiger partial charge in [0.2, 0.25) is 0 Å². The third-order valence-electron chi connectivity index (χ3n) is 3.28. The lowest BCUT2D eigenvalue weighted by atomic mass is 10.2. The van der Waals surface area contributed by atoms with Gasteiger partial charge in [-0.1, -0.05) is 35.3 Å². The van der Waals surface area contributed by atoms with Crippen molar-refractivity contribution in [2.45, 2.75) is 13.5 Å². The summed E-state index contributed by atoms with van der Waals surface area (Å²) in [5, 5.41) is 9.78. The molecule has 0 heterocycles. The maximum atomic E-state index is 10.6. The maximum Gasteiger partial charge on any atom is 0.341 e. The van der Waals surface area contributed by atoms with E-state index in [1.54, 1.807) is 12.1 Å². The fraction of sp³-hybridized carbons (Fsp3) is 0.235. The highest BCUT2D eigenvalue weighted by Gasteiger charge is 2.10. The molecule has 0 atom stereocenters. The van der Waals surface area contributed by atoms with Crippen LogP contribution in [0.25, 0.3) is 0 Å². The highest BCUT2D eigenvalue weighted by atomic mass is 35.5. The number of carboxylic acids is 1. The summed E-state index contributed by atoms with van der Waals surface area (Å²) < 4.78 is 5.21. The lowest BCUT2D eigenvalue weighted by Gasteiger charge is -2.23. The minimum Gasteiger partial charge on any atom is -0.480 e. The number of hydrogen-bond acceptors (Lipinski definition) is 3. The zero-order chi connectivity index (χ0) is 16.8. The van der Waals surface area contributed by atoms with E-state index in [2.05, 4.69) is 11.8 Å². The fourth-order valence-electron chi connectivity index (χ4n) is 2.18. The van der Waals surface area contributed by atoms with Crippen LogP contribution in [-0.4, -0.2) is 24.2 Å². The van der Waals surface area contributed by atoms with Gasteiger partial charge in [-0.25, -0.2) is 4.79 Å². The molecule has 23 heavy (non-hydrogen) atoms. The summed E-state index contributed by atoms with van der Waals surface area (Å²) in [4.78, 5) is 12.8. The Bertz CT molecular complexity index is 691. The number of carboxylic acid groups (broad SMARTS) is 1. The van der Waals surface area contributed by atoms with Crippen molar-refractivity contribution in [3.8, 4) is 5.75 Å². The summed E-state index contributed by atoms with van der Waals surface area (Å²) in [5.41, 5.74) is 1.99. The van der Waals surface area contributed by atoms with Gasteiger partial charge in [-0.2, -0.15) is 0 Å². The maximum absolute atomic E-state index is 10.6. The van der Waals surface area contributed by atoms with Gasteiger partial charge in [0.25, 0.3) is 0 Å². The van der Waals surface area contributed by atoms with E-state index < -0.39 is 12.6 Å². The van der Waals surface area contributed by atoms with Crippen molar-refractivity contribution in [2.24, 2.45) is 0 Å². The molecule has 0 radical (unpaired) electrons. The summed E-state index contributed by atoms with van der Waals surface area (Å²) in [6, 6.07) is 13.0. The Kier molecular flexibility index (Phi) is 6.13. The average molecular weight is 354 g/mol. The molecule has 0 saturated carbocycles. The molecule has 6 heteroatoms. The van der Waals surface area contributed by atoms with Crippen molar-refractivity contribution in [1.29, 1.82) is 0 Å². The van der Waals surface area contributed by atoms with Gasteiger partial charge in [0.15, 0.2) is 6.61 Å². The Morgan fingerprint density at radius 2 is 2.00 bits per heavy atom. The number of anilines is 1. The van der Waals surface area contributed by atoms with Gasteiger partial charge in [0.05, 0.1) is 5.02 Å². The van der Waals surface area contributed by atoms with Crippen LogP contribution in [0.15, 0.2) is 42.5 Å². The van der Waals surface area contributed by atoms with Gasteiger partial charge >= 0.3 is 5.97 Å². The molecule has 0 bridgehead atoms. The van der Waals surface area contributed by atoms with Crippen LogP contribution in [-0.2, 0) is 11.3 Å². The first-order valence-electron chi connectivity index (χ1n) is 7.13. The molecule has 0 aliphatic rings. The summed E-state index contributed by atoms with van der Waals surface area (Å²) in [6.07, 6.45) is 0.